The molecule has 17 heavy (non-hydrogen) atoms. The van der Waals surface area contributed by atoms with Gasteiger partial charge in [-0.2, -0.15) is 0 Å². The van der Waals surface area contributed by atoms with Crippen LogP contribution in [0.15, 0.2) is 12.2 Å². The van der Waals surface area contributed by atoms with Crippen LogP contribution in [0.2, 0.25) is 0 Å². The Labute approximate surface area is 103 Å². The number of esters is 1. The standard InChI is InChI=1S/C15H22O2/c1-8(2)10-5-6-15(4)9(3)12-13(10)11(15)7-17-14(12)16/h8,10-13H,3,5-7H2,1-2,4H3/t10-,11+,12+,13+,15+/m1/s1. The molecule has 0 radical (unpaired) electrons. The van der Waals surface area contributed by atoms with E-state index >= 15 is 0 Å². The zero-order valence-electron chi connectivity index (χ0n) is 11.0. The van der Waals surface area contributed by atoms with Crippen molar-refractivity contribution in [3.63, 3.8) is 0 Å². The average molecular weight is 234 g/mol. The molecule has 0 spiro atoms. The highest BCUT2D eigenvalue weighted by Crippen LogP contribution is 2.65. The normalized spacial score (nSPS) is 48.5. The maximum Gasteiger partial charge on any atom is 0.313 e. The van der Waals surface area contributed by atoms with Gasteiger partial charge in [-0.05, 0) is 36.0 Å². The van der Waals surface area contributed by atoms with E-state index in [-0.39, 0.29) is 17.3 Å². The molecule has 0 N–H and O–H groups in total. The van der Waals surface area contributed by atoms with Crippen LogP contribution in [0.1, 0.15) is 33.6 Å². The molecule has 1 aliphatic heterocycles. The Morgan fingerprint density at radius 1 is 1.47 bits per heavy atom. The molecule has 1 saturated heterocycles. The quantitative estimate of drug-likeness (QED) is 0.515. The van der Waals surface area contributed by atoms with Crippen molar-refractivity contribution in [1.82, 2.24) is 0 Å². The van der Waals surface area contributed by atoms with Crippen LogP contribution in [-0.4, -0.2) is 12.6 Å². The highest BCUT2D eigenvalue weighted by molar-refractivity contribution is 5.79. The van der Waals surface area contributed by atoms with E-state index in [4.69, 9.17) is 4.74 Å². The molecular formula is C15H22O2. The number of hydrogen-bond acceptors (Lipinski definition) is 2. The molecule has 2 heteroatoms. The third-order valence-corrected chi connectivity index (χ3v) is 5.78. The van der Waals surface area contributed by atoms with E-state index in [9.17, 15) is 4.79 Å². The molecule has 3 rings (SSSR count). The highest BCUT2D eigenvalue weighted by atomic mass is 16.5. The van der Waals surface area contributed by atoms with Gasteiger partial charge >= 0.3 is 5.97 Å². The minimum absolute atomic E-state index is 0.00588. The van der Waals surface area contributed by atoms with Crippen LogP contribution in [0.3, 0.4) is 0 Å². The van der Waals surface area contributed by atoms with Crippen molar-refractivity contribution in [3.05, 3.63) is 12.2 Å². The molecular weight excluding hydrogens is 212 g/mol. The topological polar surface area (TPSA) is 26.3 Å². The van der Waals surface area contributed by atoms with Gasteiger partial charge in [-0.15, -0.1) is 0 Å². The lowest BCUT2D eigenvalue weighted by atomic mass is 9.61. The lowest BCUT2D eigenvalue weighted by molar-refractivity contribution is -0.161. The summed E-state index contributed by atoms with van der Waals surface area (Å²) in [7, 11) is 0. The SMILES string of the molecule is C=C1[C@@H]2C(=O)OC[C@H]3[C@@H]2[C@@H](C(C)C)CC[C@@]13C. The predicted molar refractivity (Wildman–Crippen MR) is 66.2 cm³/mol. The van der Waals surface area contributed by atoms with Crippen molar-refractivity contribution in [3.8, 4) is 0 Å². The first-order chi connectivity index (χ1) is 7.97. The summed E-state index contributed by atoms with van der Waals surface area (Å²) in [6, 6.07) is 0. The van der Waals surface area contributed by atoms with Gasteiger partial charge in [0.1, 0.15) is 0 Å². The first-order valence-electron chi connectivity index (χ1n) is 6.82. The second-order valence-electron chi connectivity index (χ2n) is 6.68. The lowest BCUT2D eigenvalue weighted by Crippen LogP contribution is -2.44. The molecule has 0 unspecified atom stereocenters. The molecule has 1 heterocycles. The van der Waals surface area contributed by atoms with E-state index in [1.54, 1.807) is 0 Å². The Morgan fingerprint density at radius 2 is 2.18 bits per heavy atom. The number of hydrogen-bond donors (Lipinski definition) is 0. The smallest absolute Gasteiger partial charge is 0.313 e. The maximum atomic E-state index is 12.0. The fourth-order valence-electron chi connectivity index (χ4n) is 4.67. The van der Waals surface area contributed by atoms with Crippen LogP contribution in [-0.2, 0) is 9.53 Å². The molecule has 0 aromatic carbocycles. The van der Waals surface area contributed by atoms with Crippen molar-refractivity contribution < 1.29 is 9.53 Å². The van der Waals surface area contributed by atoms with Gasteiger partial charge in [0.15, 0.2) is 0 Å². The van der Waals surface area contributed by atoms with Gasteiger partial charge in [-0.3, -0.25) is 4.79 Å². The molecule has 2 nitrogen and oxygen atoms in total. The molecule has 0 aromatic heterocycles. The van der Waals surface area contributed by atoms with Gasteiger partial charge < -0.3 is 4.74 Å². The van der Waals surface area contributed by atoms with E-state index in [1.165, 1.54) is 12.8 Å². The van der Waals surface area contributed by atoms with Crippen LogP contribution in [0.5, 0.6) is 0 Å². The Kier molecular flexibility index (Phi) is 2.24. The molecule has 2 saturated carbocycles. The number of carbonyl (C=O) groups excluding carboxylic acids is 1. The summed E-state index contributed by atoms with van der Waals surface area (Å²) in [6.45, 7) is 11.7. The maximum absolute atomic E-state index is 12.0. The van der Waals surface area contributed by atoms with Crippen LogP contribution in [0.4, 0.5) is 0 Å². The van der Waals surface area contributed by atoms with Crippen molar-refractivity contribution in [2.45, 2.75) is 33.6 Å². The lowest BCUT2D eigenvalue weighted by Gasteiger charge is -2.45. The molecule has 4 bridgehead atoms. The summed E-state index contributed by atoms with van der Waals surface area (Å²) >= 11 is 0. The van der Waals surface area contributed by atoms with Gasteiger partial charge in [0.25, 0.3) is 0 Å². The zero-order chi connectivity index (χ0) is 12.4. The Bertz CT molecular complexity index is 384. The Balaban J connectivity index is 2.06. The number of cyclic esters (lactones) is 1. The summed E-state index contributed by atoms with van der Waals surface area (Å²) in [5.74, 6) is 2.35. The molecule has 0 aromatic rings. The third kappa shape index (κ3) is 1.24. The van der Waals surface area contributed by atoms with Crippen LogP contribution in [0, 0.1) is 35.0 Å². The summed E-state index contributed by atoms with van der Waals surface area (Å²) in [5, 5.41) is 0. The van der Waals surface area contributed by atoms with Crippen molar-refractivity contribution in [2.24, 2.45) is 35.0 Å². The second-order valence-corrected chi connectivity index (χ2v) is 6.68. The number of ether oxygens (including phenoxy) is 1. The van der Waals surface area contributed by atoms with Crippen molar-refractivity contribution in [1.29, 1.82) is 0 Å². The molecule has 3 fully saturated rings. The summed E-state index contributed by atoms with van der Waals surface area (Å²) < 4.78 is 5.37. The first kappa shape index (κ1) is 11.3. The summed E-state index contributed by atoms with van der Waals surface area (Å²) in [5.41, 5.74) is 1.32. The minimum Gasteiger partial charge on any atom is -0.465 e. The fourth-order valence-corrected chi connectivity index (χ4v) is 4.67. The summed E-state index contributed by atoms with van der Waals surface area (Å²) in [4.78, 5) is 12.0. The average Bonchev–Trinajstić information content (AvgIpc) is 2.35. The van der Waals surface area contributed by atoms with Crippen molar-refractivity contribution in [2.75, 3.05) is 6.61 Å². The molecule has 0 amide bonds. The van der Waals surface area contributed by atoms with E-state index in [1.807, 2.05) is 0 Å². The van der Waals surface area contributed by atoms with E-state index < -0.39 is 0 Å². The van der Waals surface area contributed by atoms with Gasteiger partial charge in [-0.25, -0.2) is 0 Å². The second kappa shape index (κ2) is 3.37. The highest BCUT2D eigenvalue weighted by Gasteiger charge is 2.63. The van der Waals surface area contributed by atoms with E-state index in [0.717, 1.165) is 5.57 Å². The van der Waals surface area contributed by atoms with Gasteiger partial charge in [0, 0.05) is 5.92 Å². The van der Waals surface area contributed by atoms with E-state index in [2.05, 4.69) is 27.4 Å². The van der Waals surface area contributed by atoms with Crippen LogP contribution in [0.25, 0.3) is 0 Å². The van der Waals surface area contributed by atoms with Gasteiger partial charge in [-0.1, -0.05) is 32.9 Å². The fraction of sp³-hybridized carbons (Fsp3) is 0.800. The first-order valence-corrected chi connectivity index (χ1v) is 6.82. The molecule has 3 aliphatic rings. The van der Waals surface area contributed by atoms with Crippen LogP contribution >= 0.6 is 0 Å². The largest absolute Gasteiger partial charge is 0.465 e. The zero-order valence-corrected chi connectivity index (χ0v) is 11.0. The monoisotopic (exact) mass is 234 g/mol. The van der Waals surface area contributed by atoms with E-state index in [0.29, 0.717) is 30.3 Å². The molecule has 94 valence electrons. The number of carbonyl (C=O) groups is 1. The minimum atomic E-state index is -0.00692. The molecule has 2 aliphatic carbocycles. The van der Waals surface area contributed by atoms with Crippen molar-refractivity contribution >= 4 is 5.97 Å². The Morgan fingerprint density at radius 3 is 2.82 bits per heavy atom. The Hall–Kier alpha value is -0.790. The third-order valence-electron chi connectivity index (χ3n) is 5.78. The number of rotatable bonds is 1. The molecule has 5 atom stereocenters. The van der Waals surface area contributed by atoms with Gasteiger partial charge in [0.05, 0.1) is 12.5 Å². The van der Waals surface area contributed by atoms with Crippen LogP contribution < -0.4 is 0 Å². The van der Waals surface area contributed by atoms with Gasteiger partial charge in [0.2, 0.25) is 0 Å². The summed E-state index contributed by atoms with van der Waals surface area (Å²) in [6.07, 6.45) is 2.43. The predicted octanol–water partition coefficient (Wildman–Crippen LogP) is 3.03.